The number of rotatable bonds is 2. The molecule has 0 atom stereocenters. The standard InChI is InChI=1S/C13H8BrClFN3O/c14-12-4-3-11(20-12)13-10(17)6-19(18-13)7-1-2-8(15)9(16)5-7/h1-6H,17H2. The van der Waals surface area contributed by atoms with E-state index in [1.54, 1.807) is 24.4 Å². The fraction of sp³-hybridized carbons (Fsp3) is 0. The smallest absolute Gasteiger partial charge is 0.169 e. The molecule has 0 saturated carbocycles. The predicted molar refractivity (Wildman–Crippen MR) is 78.3 cm³/mol. The SMILES string of the molecule is Nc1cn(-c2ccc(Cl)c(F)c2)nc1-c1ccc(Br)o1. The van der Waals surface area contributed by atoms with E-state index in [1.807, 2.05) is 0 Å². The summed E-state index contributed by atoms with van der Waals surface area (Å²) in [5.41, 5.74) is 7.36. The zero-order chi connectivity index (χ0) is 14.3. The number of halogens is 3. The first kappa shape index (κ1) is 13.2. The number of furan rings is 1. The van der Waals surface area contributed by atoms with E-state index in [2.05, 4.69) is 21.0 Å². The molecule has 0 amide bonds. The van der Waals surface area contributed by atoms with E-state index in [0.717, 1.165) is 0 Å². The van der Waals surface area contributed by atoms with Crippen LogP contribution in [-0.4, -0.2) is 9.78 Å². The molecule has 0 saturated heterocycles. The molecule has 2 N–H and O–H groups in total. The molecule has 0 fully saturated rings. The summed E-state index contributed by atoms with van der Waals surface area (Å²) in [5.74, 6) is 0.0168. The molecule has 20 heavy (non-hydrogen) atoms. The molecule has 3 aromatic rings. The molecule has 2 aromatic heterocycles. The average Bonchev–Trinajstić information content (AvgIpc) is 2.99. The van der Waals surface area contributed by atoms with Crippen LogP contribution < -0.4 is 5.73 Å². The lowest BCUT2D eigenvalue weighted by atomic mass is 10.3. The summed E-state index contributed by atoms with van der Waals surface area (Å²) < 4.78 is 20.9. The zero-order valence-electron chi connectivity index (χ0n) is 9.98. The lowest BCUT2D eigenvalue weighted by Gasteiger charge is -2.01. The molecule has 0 aliphatic rings. The molecule has 0 radical (unpaired) electrons. The summed E-state index contributed by atoms with van der Waals surface area (Å²) in [4.78, 5) is 0. The third-order valence-electron chi connectivity index (χ3n) is 2.72. The lowest BCUT2D eigenvalue weighted by Crippen LogP contribution is -1.95. The van der Waals surface area contributed by atoms with Crippen LogP contribution in [0.5, 0.6) is 0 Å². The number of nitrogens with two attached hydrogens (primary N) is 1. The molecule has 0 aliphatic carbocycles. The number of anilines is 1. The Morgan fingerprint density at radius 1 is 1.30 bits per heavy atom. The van der Waals surface area contributed by atoms with Crippen LogP contribution >= 0.6 is 27.5 Å². The largest absolute Gasteiger partial charge is 0.448 e. The van der Waals surface area contributed by atoms with Gasteiger partial charge in [-0.05, 0) is 40.2 Å². The zero-order valence-corrected chi connectivity index (χ0v) is 12.3. The fourth-order valence-electron chi connectivity index (χ4n) is 1.78. The Kier molecular flexibility index (Phi) is 3.27. The molecule has 1 aromatic carbocycles. The minimum atomic E-state index is -0.513. The Labute approximate surface area is 127 Å². The number of nitrogen functional groups attached to an aromatic ring is 1. The second kappa shape index (κ2) is 4.96. The summed E-state index contributed by atoms with van der Waals surface area (Å²) in [6, 6.07) is 7.90. The van der Waals surface area contributed by atoms with Gasteiger partial charge in [0.1, 0.15) is 5.82 Å². The molecule has 4 nitrogen and oxygen atoms in total. The highest BCUT2D eigenvalue weighted by atomic mass is 79.9. The van der Waals surface area contributed by atoms with E-state index < -0.39 is 5.82 Å². The van der Waals surface area contributed by atoms with Crippen LogP contribution in [-0.2, 0) is 0 Å². The summed E-state index contributed by atoms with van der Waals surface area (Å²) in [7, 11) is 0. The third-order valence-corrected chi connectivity index (χ3v) is 3.45. The van der Waals surface area contributed by atoms with Crippen LogP contribution in [0.2, 0.25) is 5.02 Å². The maximum atomic E-state index is 13.5. The van der Waals surface area contributed by atoms with Crippen LogP contribution in [0.15, 0.2) is 45.6 Å². The number of hydrogen-bond donors (Lipinski definition) is 1. The van der Waals surface area contributed by atoms with Crippen molar-refractivity contribution in [3.05, 3.63) is 52.0 Å². The van der Waals surface area contributed by atoms with Crippen molar-refractivity contribution in [1.82, 2.24) is 9.78 Å². The summed E-state index contributed by atoms with van der Waals surface area (Å²) in [6.45, 7) is 0. The van der Waals surface area contributed by atoms with Gasteiger partial charge >= 0.3 is 0 Å². The second-order valence-electron chi connectivity index (χ2n) is 4.08. The highest BCUT2D eigenvalue weighted by Gasteiger charge is 2.13. The van der Waals surface area contributed by atoms with Crippen molar-refractivity contribution in [3.8, 4) is 17.1 Å². The Bertz CT molecular complexity index is 784. The molecule has 2 heterocycles. The Balaban J connectivity index is 2.06. The van der Waals surface area contributed by atoms with Gasteiger partial charge < -0.3 is 10.2 Å². The van der Waals surface area contributed by atoms with Crippen molar-refractivity contribution in [3.63, 3.8) is 0 Å². The van der Waals surface area contributed by atoms with Gasteiger partial charge in [0.15, 0.2) is 16.1 Å². The molecule has 0 unspecified atom stereocenters. The van der Waals surface area contributed by atoms with Crippen molar-refractivity contribution < 1.29 is 8.81 Å². The van der Waals surface area contributed by atoms with E-state index in [0.29, 0.717) is 27.5 Å². The molecule has 0 spiro atoms. The molecular weight excluding hydrogens is 349 g/mol. The summed E-state index contributed by atoms with van der Waals surface area (Å²) >= 11 is 8.87. The first-order chi connectivity index (χ1) is 9.54. The number of benzene rings is 1. The highest BCUT2D eigenvalue weighted by Crippen LogP contribution is 2.29. The maximum absolute atomic E-state index is 13.5. The fourth-order valence-corrected chi connectivity index (χ4v) is 2.20. The van der Waals surface area contributed by atoms with Crippen LogP contribution in [0, 0.1) is 5.82 Å². The monoisotopic (exact) mass is 355 g/mol. The highest BCUT2D eigenvalue weighted by molar-refractivity contribution is 9.10. The first-order valence-electron chi connectivity index (χ1n) is 5.61. The normalized spacial score (nSPS) is 10.9. The first-order valence-corrected chi connectivity index (χ1v) is 6.78. The van der Waals surface area contributed by atoms with E-state index in [9.17, 15) is 4.39 Å². The maximum Gasteiger partial charge on any atom is 0.169 e. The number of hydrogen-bond acceptors (Lipinski definition) is 3. The second-order valence-corrected chi connectivity index (χ2v) is 5.27. The van der Waals surface area contributed by atoms with Crippen molar-refractivity contribution in [2.24, 2.45) is 0 Å². The number of aromatic nitrogens is 2. The van der Waals surface area contributed by atoms with Gasteiger partial charge in [-0.3, -0.25) is 0 Å². The molecule has 3 rings (SSSR count). The van der Waals surface area contributed by atoms with Crippen molar-refractivity contribution in [2.45, 2.75) is 0 Å². The number of nitrogens with zero attached hydrogens (tertiary/aromatic N) is 2. The topological polar surface area (TPSA) is 57.0 Å². The van der Waals surface area contributed by atoms with E-state index in [4.69, 9.17) is 21.8 Å². The Morgan fingerprint density at radius 3 is 2.75 bits per heavy atom. The quantitative estimate of drug-likeness (QED) is 0.746. The minimum Gasteiger partial charge on any atom is -0.448 e. The molecule has 0 aliphatic heterocycles. The third kappa shape index (κ3) is 2.32. The predicted octanol–water partition coefficient (Wildman–Crippen LogP) is 4.27. The van der Waals surface area contributed by atoms with Gasteiger partial charge in [-0.15, -0.1) is 0 Å². The minimum absolute atomic E-state index is 0.0593. The molecule has 102 valence electrons. The van der Waals surface area contributed by atoms with E-state index in [1.165, 1.54) is 16.8 Å². The van der Waals surface area contributed by atoms with Crippen LogP contribution in [0.25, 0.3) is 17.1 Å². The van der Waals surface area contributed by atoms with Gasteiger partial charge in [0.05, 0.1) is 22.6 Å². The average molecular weight is 357 g/mol. The van der Waals surface area contributed by atoms with E-state index >= 15 is 0 Å². The van der Waals surface area contributed by atoms with Crippen LogP contribution in [0.4, 0.5) is 10.1 Å². The van der Waals surface area contributed by atoms with Gasteiger partial charge in [0.2, 0.25) is 0 Å². The van der Waals surface area contributed by atoms with Gasteiger partial charge in [-0.25, -0.2) is 9.07 Å². The van der Waals surface area contributed by atoms with Gasteiger partial charge in [0, 0.05) is 6.07 Å². The summed E-state index contributed by atoms with van der Waals surface area (Å²) in [5, 5.41) is 4.36. The molecule has 7 heteroatoms. The molecule has 0 bridgehead atoms. The van der Waals surface area contributed by atoms with Crippen molar-refractivity contribution in [1.29, 1.82) is 0 Å². The van der Waals surface area contributed by atoms with Gasteiger partial charge in [-0.2, -0.15) is 5.10 Å². The van der Waals surface area contributed by atoms with Gasteiger partial charge in [-0.1, -0.05) is 11.6 Å². The van der Waals surface area contributed by atoms with Crippen LogP contribution in [0.1, 0.15) is 0 Å². The van der Waals surface area contributed by atoms with E-state index in [-0.39, 0.29) is 5.02 Å². The van der Waals surface area contributed by atoms with Crippen molar-refractivity contribution >= 4 is 33.2 Å². The lowest BCUT2D eigenvalue weighted by molar-refractivity contribution is 0.553. The summed E-state index contributed by atoms with van der Waals surface area (Å²) in [6.07, 6.45) is 1.59. The van der Waals surface area contributed by atoms with Crippen molar-refractivity contribution in [2.75, 3.05) is 5.73 Å². The Morgan fingerprint density at radius 2 is 2.10 bits per heavy atom. The Hall–Kier alpha value is -1.79. The molecular formula is C13H8BrClFN3O. The van der Waals surface area contributed by atoms with Gasteiger partial charge in [0.25, 0.3) is 0 Å². The van der Waals surface area contributed by atoms with Crippen LogP contribution in [0.3, 0.4) is 0 Å².